The number of piperazine rings is 1. The maximum absolute atomic E-state index is 11.3. The second-order valence-electron chi connectivity index (χ2n) is 5.27. The number of hydrogen-bond acceptors (Lipinski definition) is 4. The van der Waals surface area contributed by atoms with Crippen LogP contribution in [0.2, 0.25) is 0 Å². The van der Waals surface area contributed by atoms with Gasteiger partial charge in [-0.25, -0.2) is 0 Å². The van der Waals surface area contributed by atoms with Gasteiger partial charge in [-0.05, 0) is 19.0 Å². The first-order valence-electron chi connectivity index (χ1n) is 7.07. The molecule has 0 N–H and O–H groups in total. The number of carbonyl (C=O) groups excluding carboxylic acids is 1. The second-order valence-corrected chi connectivity index (χ2v) is 5.27. The highest BCUT2D eigenvalue weighted by Crippen LogP contribution is 2.31. The van der Waals surface area contributed by atoms with Crippen LogP contribution in [-0.2, 0) is 11.2 Å². The Morgan fingerprint density at radius 3 is 2.74 bits per heavy atom. The van der Waals surface area contributed by atoms with E-state index in [2.05, 4.69) is 22.8 Å². The van der Waals surface area contributed by atoms with Gasteiger partial charge in [0.05, 0.1) is 6.42 Å². The Kier molecular flexibility index (Phi) is 3.42. The van der Waals surface area contributed by atoms with Gasteiger partial charge in [0.2, 0.25) is 0 Å². The van der Waals surface area contributed by atoms with Crippen molar-refractivity contribution in [2.24, 2.45) is 0 Å². The van der Waals surface area contributed by atoms with E-state index in [0.29, 0.717) is 6.42 Å². The third-order valence-electron chi connectivity index (χ3n) is 3.89. The lowest BCUT2D eigenvalue weighted by Gasteiger charge is -2.36. The van der Waals surface area contributed by atoms with E-state index in [1.165, 1.54) is 18.7 Å². The molecule has 0 atom stereocenters. The van der Waals surface area contributed by atoms with Crippen LogP contribution in [0.5, 0.6) is 5.75 Å². The van der Waals surface area contributed by atoms with E-state index < -0.39 is 0 Å². The molecule has 0 aromatic heterocycles. The molecule has 3 rings (SSSR count). The molecule has 102 valence electrons. The van der Waals surface area contributed by atoms with Crippen LogP contribution in [0, 0.1) is 0 Å². The molecule has 1 aromatic rings. The fourth-order valence-electron chi connectivity index (χ4n) is 2.84. The Balaban J connectivity index is 1.68. The zero-order valence-corrected chi connectivity index (χ0v) is 11.4. The molecule has 0 radical (unpaired) electrons. The lowest BCUT2D eigenvalue weighted by Crippen LogP contribution is -2.46. The first-order valence-corrected chi connectivity index (χ1v) is 7.07. The van der Waals surface area contributed by atoms with Crippen molar-refractivity contribution in [3.8, 4) is 5.75 Å². The third kappa shape index (κ3) is 2.59. The van der Waals surface area contributed by atoms with Gasteiger partial charge in [0.25, 0.3) is 0 Å². The van der Waals surface area contributed by atoms with Crippen molar-refractivity contribution in [3.05, 3.63) is 23.8 Å². The summed E-state index contributed by atoms with van der Waals surface area (Å²) in [5.74, 6) is 0.610. The molecule has 2 aliphatic rings. The van der Waals surface area contributed by atoms with Crippen LogP contribution in [0.25, 0.3) is 0 Å². The molecule has 0 unspecified atom stereocenters. The highest BCUT2D eigenvalue weighted by atomic mass is 16.5. The highest BCUT2D eigenvalue weighted by molar-refractivity contribution is 5.81. The summed E-state index contributed by atoms with van der Waals surface area (Å²) in [6, 6.07) is 6.14. The molecule has 1 fully saturated rings. The summed E-state index contributed by atoms with van der Waals surface area (Å²) in [5.41, 5.74) is 2.18. The SMILES string of the molecule is CCCN1CCN(c2ccc3c(c2)OC(=O)C3)CC1. The summed E-state index contributed by atoms with van der Waals surface area (Å²) >= 11 is 0. The number of rotatable bonds is 3. The smallest absolute Gasteiger partial charge is 0.315 e. The summed E-state index contributed by atoms with van der Waals surface area (Å²) in [6.07, 6.45) is 1.63. The Labute approximate surface area is 113 Å². The Morgan fingerprint density at radius 1 is 1.21 bits per heavy atom. The summed E-state index contributed by atoms with van der Waals surface area (Å²) in [5, 5.41) is 0. The van der Waals surface area contributed by atoms with Crippen molar-refractivity contribution in [1.82, 2.24) is 4.90 Å². The molecule has 4 nitrogen and oxygen atoms in total. The van der Waals surface area contributed by atoms with Crippen molar-refractivity contribution >= 4 is 11.7 Å². The molecule has 0 amide bonds. The minimum Gasteiger partial charge on any atom is -0.426 e. The topological polar surface area (TPSA) is 32.8 Å². The van der Waals surface area contributed by atoms with Crippen LogP contribution in [0.15, 0.2) is 18.2 Å². The molecule has 19 heavy (non-hydrogen) atoms. The van der Waals surface area contributed by atoms with E-state index in [0.717, 1.165) is 37.5 Å². The first kappa shape index (κ1) is 12.5. The molecule has 4 heteroatoms. The molecule has 0 bridgehead atoms. The van der Waals surface area contributed by atoms with Crippen molar-refractivity contribution in [1.29, 1.82) is 0 Å². The van der Waals surface area contributed by atoms with Gasteiger partial charge in [0.1, 0.15) is 5.75 Å². The number of hydrogen-bond donors (Lipinski definition) is 0. The van der Waals surface area contributed by atoms with Gasteiger partial charge in [0, 0.05) is 43.5 Å². The number of fused-ring (bicyclic) bond motifs is 1. The van der Waals surface area contributed by atoms with Crippen LogP contribution in [0.3, 0.4) is 0 Å². The van der Waals surface area contributed by atoms with Gasteiger partial charge in [0.15, 0.2) is 0 Å². The van der Waals surface area contributed by atoms with Crippen molar-refractivity contribution in [2.45, 2.75) is 19.8 Å². The first-order chi connectivity index (χ1) is 9.26. The quantitative estimate of drug-likeness (QED) is 0.611. The fourth-order valence-corrected chi connectivity index (χ4v) is 2.84. The molecule has 0 spiro atoms. The minimum absolute atomic E-state index is 0.139. The maximum atomic E-state index is 11.3. The van der Waals surface area contributed by atoms with Gasteiger partial charge in [-0.15, -0.1) is 0 Å². The molecule has 2 heterocycles. The number of ether oxygens (including phenoxy) is 1. The van der Waals surface area contributed by atoms with Gasteiger partial charge >= 0.3 is 5.97 Å². The van der Waals surface area contributed by atoms with Gasteiger partial charge < -0.3 is 9.64 Å². The van der Waals surface area contributed by atoms with E-state index in [1.807, 2.05) is 12.1 Å². The molecule has 0 saturated carbocycles. The molecular formula is C15H20N2O2. The zero-order chi connectivity index (χ0) is 13.2. The predicted octanol–water partition coefficient (Wildman–Crippen LogP) is 1.68. The van der Waals surface area contributed by atoms with E-state index in [-0.39, 0.29) is 5.97 Å². The van der Waals surface area contributed by atoms with E-state index in [1.54, 1.807) is 0 Å². The van der Waals surface area contributed by atoms with E-state index in [4.69, 9.17) is 4.74 Å². The second kappa shape index (κ2) is 5.21. The number of esters is 1. The monoisotopic (exact) mass is 260 g/mol. The predicted molar refractivity (Wildman–Crippen MR) is 74.7 cm³/mol. The van der Waals surface area contributed by atoms with Gasteiger partial charge in [-0.2, -0.15) is 0 Å². The van der Waals surface area contributed by atoms with Crippen LogP contribution in [0.1, 0.15) is 18.9 Å². The average Bonchev–Trinajstić information content (AvgIpc) is 2.79. The average molecular weight is 260 g/mol. The number of carbonyl (C=O) groups is 1. The van der Waals surface area contributed by atoms with Gasteiger partial charge in [-0.1, -0.05) is 13.0 Å². The summed E-state index contributed by atoms with van der Waals surface area (Å²) in [7, 11) is 0. The van der Waals surface area contributed by atoms with Gasteiger partial charge in [-0.3, -0.25) is 9.69 Å². The maximum Gasteiger partial charge on any atom is 0.315 e. The summed E-state index contributed by atoms with van der Waals surface area (Å²) in [6.45, 7) is 7.74. The summed E-state index contributed by atoms with van der Waals surface area (Å²) < 4.78 is 5.22. The van der Waals surface area contributed by atoms with Crippen LogP contribution >= 0.6 is 0 Å². The molecule has 1 saturated heterocycles. The number of benzene rings is 1. The third-order valence-corrected chi connectivity index (χ3v) is 3.89. The zero-order valence-electron chi connectivity index (χ0n) is 11.4. The molecular weight excluding hydrogens is 240 g/mol. The van der Waals surface area contributed by atoms with Crippen LogP contribution in [-0.4, -0.2) is 43.6 Å². The normalized spacial score (nSPS) is 19.4. The number of anilines is 1. The molecule has 0 aliphatic carbocycles. The minimum atomic E-state index is -0.139. The van der Waals surface area contributed by atoms with E-state index >= 15 is 0 Å². The van der Waals surface area contributed by atoms with Crippen molar-refractivity contribution in [3.63, 3.8) is 0 Å². The highest BCUT2D eigenvalue weighted by Gasteiger charge is 2.22. The molecule has 1 aromatic carbocycles. The van der Waals surface area contributed by atoms with Crippen LogP contribution < -0.4 is 9.64 Å². The van der Waals surface area contributed by atoms with Crippen molar-refractivity contribution in [2.75, 3.05) is 37.6 Å². The Hall–Kier alpha value is -1.55. The molecule has 2 aliphatic heterocycles. The summed E-state index contributed by atoms with van der Waals surface area (Å²) in [4.78, 5) is 16.1. The van der Waals surface area contributed by atoms with E-state index in [9.17, 15) is 4.79 Å². The Morgan fingerprint density at radius 2 is 2.00 bits per heavy atom. The number of nitrogens with zero attached hydrogens (tertiary/aromatic N) is 2. The van der Waals surface area contributed by atoms with Crippen molar-refractivity contribution < 1.29 is 9.53 Å². The fraction of sp³-hybridized carbons (Fsp3) is 0.533. The standard InChI is InChI=1S/C15H20N2O2/c1-2-5-16-6-8-17(9-7-16)13-4-3-12-10-15(18)19-14(12)11-13/h3-4,11H,2,5-10H2,1H3. The Bertz CT molecular complexity index is 479. The van der Waals surface area contributed by atoms with Crippen LogP contribution in [0.4, 0.5) is 5.69 Å². The largest absolute Gasteiger partial charge is 0.426 e. The lowest BCUT2D eigenvalue weighted by molar-refractivity contribution is -0.131. The lowest BCUT2D eigenvalue weighted by atomic mass is 10.1.